The van der Waals surface area contributed by atoms with Gasteiger partial charge in [0.25, 0.3) is 0 Å². The van der Waals surface area contributed by atoms with E-state index in [0.717, 1.165) is 5.56 Å². The van der Waals surface area contributed by atoms with Crippen LogP contribution in [0.25, 0.3) is 6.08 Å². The molecule has 0 saturated heterocycles. The first-order chi connectivity index (χ1) is 10.5. The van der Waals surface area contributed by atoms with Crippen molar-refractivity contribution >= 4 is 58.4 Å². The number of halogens is 4. The molecule has 114 valence electrons. The number of hydrogen-bond acceptors (Lipinski definition) is 1. The lowest BCUT2D eigenvalue weighted by molar-refractivity contribution is -0.116. The summed E-state index contributed by atoms with van der Waals surface area (Å²) in [7, 11) is 0. The first-order valence-corrected chi connectivity index (χ1v) is 7.82. The zero-order valence-corrected chi connectivity index (χ0v) is 14.3. The van der Waals surface area contributed by atoms with Gasteiger partial charge in [0.15, 0.2) is 0 Å². The highest BCUT2D eigenvalue weighted by molar-refractivity contribution is 6.42. The summed E-state index contributed by atoms with van der Waals surface area (Å²) in [5, 5.41) is 4.64. The Kier molecular flexibility index (Phi) is 6.16. The van der Waals surface area contributed by atoms with Crippen LogP contribution in [0.1, 0.15) is 11.1 Å². The molecular formula is C16H11Cl4NO. The largest absolute Gasteiger partial charge is 0.348 e. The maximum atomic E-state index is 11.8. The maximum Gasteiger partial charge on any atom is 0.244 e. The third kappa shape index (κ3) is 4.65. The van der Waals surface area contributed by atoms with Crippen molar-refractivity contribution in [3.05, 3.63) is 73.7 Å². The third-order valence-electron chi connectivity index (χ3n) is 2.85. The number of amides is 1. The minimum atomic E-state index is -0.262. The van der Waals surface area contributed by atoms with E-state index < -0.39 is 0 Å². The SMILES string of the molecule is O=C(C=Cc1c(Cl)cccc1Cl)NCc1ccc(Cl)c(Cl)c1. The standard InChI is InChI=1S/C16H11Cl4NO/c17-12-2-1-3-13(18)11(12)5-7-16(22)21-9-10-4-6-14(19)15(20)8-10/h1-8H,9H2,(H,21,22). The monoisotopic (exact) mass is 373 g/mol. The second kappa shape index (κ2) is 7.89. The van der Waals surface area contributed by atoms with Crippen molar-refractivity contribution in [1.82, 2.24) is 5.32 Å². The maximum absolute atomic E-state index is 11.8. The number of carbonyl (C=O) groups is 1. The van der Waals surface area contributed by atoms with Crippen LogP contribution in [-0.2, 0) is 11.3 Å². The molecule has 0 atom stereocenters. The Hall–Kier alpha value is -1.19. The zero-order valence-electron chi connectivity index (χ0n) is 11.2. The molecule has 0 heterocycles. The van der Waals surface area contributed by atoms with Crippen LogP contribution in [0.5, 0.6) is 0 Å². The molecule has 0 aliphatic rings. The second-order valence-corrected chi connectivity index (χ2v) is 6.06. The van der Waals surface area contributed by atoms with E-state index in [2.05, 4.69) is 5.32 Å². The second-order valence-electron chi connectivity index (χ2n) is 4.43. The molecular weight excluding hydrogens is 364 g/mol. The van der Waals surface area contributed by atoms with Gasteiger partial charge in [-0.15, -0.1) is 0 Å². The number of benzene rings is 2. The molecule has 0 spiro atoms. The lowest BCUT2D eigenvalue weighted by Gasteiger charge is -2.04. The van der Waals surface area contributed by atoms with Crippen LogP contribution in [0, 0.1) is 0 Å². The van der Waals surface area contributed by atoms with Crippen LogP contribution in [0.3, 0.4) is 0 Å². The summed E-state index contributed by atoms with van der Waals surface area (Å²) in [5.41, 5.74) is 1.46. The predicted molar refractivity (Wildman–Crippen MR) is 93.8 cm³/mol. The molecule has 0 radical (unpaired) electrons. The van der Waals surface area contributed by atoms with Crippen molar-refractivity contribution in [2.24, 2.45) is 0 Å². The number of carbonyl (C=O) groups excluding carboxylic acids is 1. The molecule has 6 heteroatoms. The minimum Gasteiger partial charge on any atom is -0.348 e. The van der Waals surface area contributed by atoms with Crippen molar-refractivity contribution < 1.29 is 4.79 Å². The normalized spacial score (nSPS) is 10.9. The van der Waals surface area contributed by atoms with E-state index in [0.29, 0.717) is 32.2 Å². The van der Waals surface area contributed by atoms with E-state index in [1.54, 1.807) is 42.5 Å². The summed E-state index contributed by atoms with van der Waals surface area (Å²) in [6, 6.07) is 10.3. The van der Waals surface area contributed by atoms with Gasteiger partial charge >= 0.3 is 0 Å². The Morgan fingerprint density at radius 2 is 1.64 bits per heavy atom. The lowest BCUT2D eigenvalue weighted by Crippen LogP contribution is -2.20. The van der Waals surface area contributed by atoms with Crippen LogP contribution in [0.15, 0.2) is 42.5 Å². The fourth-order valence-electron chi connectivity index (χ4n) is 1.73. The molecule has 0 aliphatic heterocycles. The topological polar surface area (TPSA) is 29.1 Å². The average molecular weight is 375 g/mol. The molecule has 0 bridgehead atoms. The van der Waals surface area contributed by atoms with Crippen molar-refractivity contribution in [2.45, 2.75) is 6.54 Å². The van der Waals surface area contributed by atoms with Crippen LogP contribution in [-0.4, -0.2) is 5.91 Å². The highest BCUT2D eigenvalue weighted by Gasteiger charge is 2.04. The lowest BCUT2D eigenvalue weighted by atomic mass is 10.2. The Balaban J connectivity index is 1.98. The Labute approximate surface area is 148 Å². The van der Waals surface area contributed by atoms with E-state index in [4.69, 9.17) is 46.4 Å². The smallest absolute Gasteiger partial charge is 0.244 e. The Morgan fingerprint density at radius 1 is 0.955 bits per heavy atom. The molecule has 0 saturated carbocycles. The van der Waals surface area contributed by atoms with E-state index in [9.17, 15) is 4.79 Å². The summed E-state index contributed by atoms with van der Waals surface area (Å²) in [4.78, 5) is 11.8. The number of hydrogen-bond donors (Lipinski definition) is 1. The van der Waals surface area contributed by atoms with Gasteiger partial charge in [-0.1, -0.05) is 58.5 Å². The summed E-state index contributed by atoms with van der Waals surface area (Å²) < 4.78 is 0. The van der Waals surface area contributed by atoms with E-state index >= 15 is 0 Å². The first-order valence-electron chi connectivity index (χ1n) is 6.31. The van der Waals surface area contributed by atoms with Gasteiger partial charge in [0.05, 0.1) is 10.0 Å². The number of rotatable bonds is 4. The van der Waals surface area contributed by atoms with Crippen LogP contribution >= 0.6 is 46.4 Å². The van der Waals surface area contributed by atoms with Crippen molar-refractivity contribution in [3.8, 4) is 0 Å². The first kappa shape index (κ1) is 17.2. The van der Waals surface area contributed by atoms with E-state index in [1.165, 1.54) is 6.08 Å². The Morgan fingerprint density at radius 3 is 2.27 bits per heavy atom. The molecule has 0 aromatic heterocycles. The quantitative estimate of drug-likeness (QED) is 0.690. The molecule has 2 nitrogen and oxygen atoms in total. The third-order valence-corrected chi connectivity index (χ3v) is 4.25. The van der Waals surface area contributed by atoms with E-state index in [1.807, 2.05) is 0 Å². The molecule has 0 unspecified atom stereocenters. The predicted octanol–water partition coefficient (Wildman–Crippen LogP) is 5.63. The molecule has 1 amide bonds. The van der Waals surface area contributed by atoms with Gasteiger partial charge in [0, 0.05) is 28.2 Å². The van der Waals surface area contributed by atoms with Gasteiger partial charge in [0.2, 0.25) is 5.91 Å². The van der Waals surface area contributed by atoms with Gasteiger partial charge in [0.1, 0.15) is 0 Å². The van der Waals surface area contributed by atoms with Gasteiger partial charge in [-0.05, 0) is 35.9 Å². The summed E-state index contributed by atoms with van der Waals surface area (Å²) >= 11 is 23.8. The molecule has 0 fully saturated rings. The van der Waals surface area contributed by atoms with Gasteiger partial charge < -0.3 is 5.32 Å². The molecule has 2 rings (SSSR count). The van der Waals surface area contributed by atoms with E-state index in [-0.39, 0.29) is 5.91 Å². The minimum absolute atomic E-state index is 0.262. The van der Waals surface area contributed by atoms with Gasteiger partial charge in [-0.25, -0.2) is 0 Å². The molecule has 1 N–H and O–H groups in total. The zero-order chi connectivity index (χ0) is 16.1. The van der Waals surface area contributed by atoms with Crippen molar-refractivity contribution in [1.29, 1.82) is 0 Å². The highest BCUT2D eigenvalue weighted by Crippen LogP contribution is 2.25. The fourth-order valence-corrected chi connectivity index (χ4v) is 2.57. The summed E-state index contributed by atoms with van der Waals surface area (Å²) in [6.45, 7) is 0.344. The molecule has 0 aliphatic carbocycles. The molecule has 2 aromatic rings. The number of nitrogens with one attached hydrogen (secondary N) is 1. The van der Waals surface area contributed by atoms with Crippen LogP contribution < -0.4 is 5.32 Å². The van der Waals surface area contributed by atoms with Crippen LogP contribution in [0.4, 0.5) is 0 Å². The molecule has 22 heavy (non-hydrogen) atoms. The molecule has 2 aromatic carbocycles. The highest BCUT2D eigenvalue weighted by atomic mass is 35.5. The van der Waals surface area contributed by atoms with Crippen molar-refractivity contribution in [3.63, 3.8) is 0 Å². The summed E-state index contributed by atoms with van der Waals surface area (Å²) in [5.74, 6) is -0.262. The van der Waals surface area contributed by atoms with Gasteiger partial charge in [-0.2, -0.15) is 0 Å². The van der Waals surface area contributed by atoms with Crippen molar-refractivity contribution in [2.75, 3.05) is 0 Å². The van der Waals surface area contributed by atoms with Crippen LogP contribution in [0.2, 0.25) is 20.1 Å². The summed E-state index contributed by atoms with van der Waals surface area (Å²) in [6.07, 6.45) is 2.96. The fraction of sp³-hybridized carbons (Fsp3) is 0.0625. The van der Waals surface area contributed by atoms with Gasteiger partial charge in [-0.3, -0.25) is 4.79 Å². The average Bonchev–Trinajstić information content (AvgIpc) is 2.48. The Bertz CT molecular complexity index is 708.